The molecule has 1 fully saturated rings. The van der Waals surface area contributed by atoms with E-state index >= 15 is 0 Å². The van der Waals surface area contributed by atoms with Gasteiger partial charge in [-0.15, -0.1) is 0 Å². The second kappa shape index (κ2) is 6.96. The third-order valence-electron chi connectivity index (χ3n) is 4.69. The average molecular weight is 342 g/mol. The highest BCUT2D eigenvalue weighted by Gasteiger charge is 2.26. The molecule has 132 valence electrons. The number of carbonyl (C=O) groups is 1. The Labute approximate surface area is 146 Å². The van der Waals surface area contributed by atoms with Gasteiger partial charge in [0.15, 0.2) is 0 Å². The molecule has 7 heteroatoms. The number of benzene rings is 1. The normalized spacial score (nSPS) is 14.5. The van der Waals surface area contributed by atoms with Crippen LogP contribution in [0.2, 0.25) is 0 Å². The van der Waals surface area contributed by atoms with Crippen LogP contribution in [0.15, 0.2) is 29.1 Å². The van der Waals surface area contributed by atoms with E-state index in [4.69, 9.17) is 4.74 Å². The number of H-pyrrole nitrogens is 1. The summed E-state index contributed by atoms with van der Waals surface area (Å²) >= 11 is 0. The first-order valence-corrected chi connectivity index (χ1v) is 8.25. The lowest BCUT2D eigenvalue weighted by atomic mass is 10.1. The molecule has 2 aromatic rings. The lowest BCUT2D eigenvalue weighted by Gasteiger charge is -2.36. The third-order valence-corrected chi connectivity index (χ3v) is 4.69. The van der Waals surface area contributed by atoms with E-state index in [-0.39, 0.29) is 11.5 Å². The molecule has 1 aliphatic rings. The van der Waals surface area contributed by atoms with Crippen molar-refractivity contribution in [2.24, 2.45) is 0 Å². The summed E-state index contributed by atoms with van der Waals surface area (Å²) in [5.41, 5.74) is 2.18. The Hall–Kier alpha value is -2.83. The maximum Gasteiger partial charge on any atom is 0.277 e. The number of hydrogen-bond donors (Lipinski definition) is 1. The van der Waals surface area contributed by atoms with E-state index in [1.165, 1.54) is 0 Å². The molecule has 1 aliphatic heterocycles. The molecule has 0 unspecified atom stereocenters. The number of ether oxygens (including phenoxy) is 1. The fourth-order valence-electron chi connectivity index (χ4n) is 3.00. The van der Waals surface area contributed by atoms with Crippen LogP contribution >= 0.6 is 0 Å². The van der Waals surface area contributed by atoms with E-state index in [1.54, 1.807) is 25.9 Å². The predicted molar refractivity (Wildman–Crippen MR) is 95.4 cm³/mol. The maximum atomic E-state index is 12.8. The summed E-state index contributed by atoms with van der Waals surface area (Å²) in [6, 6.07) is 7.87. The van der Waals surface area contributed by atoms with Crippen LogP contribution in [0.1, 0.15) is 21.6 Å². The summed E-state index contributed by atoms with van der Waals surface area (Å²) in [5.74, 6) is 0.596. The number of rotatable bonds is 3. The minimum Gasteiger partial charge on any atom is -0.497 e. The van der Waals surface area contributed by atoms with E-state index < -0.39 is 5.56 Å². The van der Waals surface area contributed by atoms with Gasteiger partial charge < -0.3 is 14.5 Å². The second-order valence-electron chi connectivity index (χ2n) is 6.12. The number of nitrogens with one attached hydrogen (secondary N) is 1. The Bertz CT molecular complexity index is 821. The molecule has 0 saturated carbocycles. The smallest absolute Gasteiger partial charge is 0.277 e. The monoisotopic (exact) mass is 342 g/mol. The molecule has 0 atom stereocenters. The zero-order chi connectivity index (χ0) is 18.0. The Morgan fingerprint density at radius 1 is 1.12 bits per heavy atom. The van der Waals surface area contributed by atoms with Crippen molar-refractivity contribution < 1.29 is 9.53 Å². The largest absolute Gasteiger partial charge is 0.497 e. The summed E-state index contributed by atoms with van der Waals surface area (Å²) in [6.45, 7) is 6.14. The molecule has 1 N–H and O–H groups in total. The Morgan fingerprint density at radius 2 is 1.76 bits per heavy atom. The fraction of sp³-hybridized carbons (Fsp3) is 0.389. The maximum absolute atomic E-state index is 12.8. The van der Waals surface area contributed by atoms with Gasteiger partial charge in [-0.2, -0.15) is 5.10 Å². The van der Waals surface area contributed by atoms with Crippen LogP contribution in [-0.4, -0.2) is 54.3 Å². The standard InChI is InChI=1S/C18H22N4O3/c1-12-13(2)19-20-17(23)16(12)18(24)22-10-8-21(9-11-22)14-4-6-15(25-3)7-5-14/h4-7H,8-11H2,1-3H3,(H,20,23). The van der Waals surface area contributed by atoms with Crippen molar-refractivity contribution in [3.05, 3.63) is 51.4 Å². The lowest BCUT2D eigenvalue weighted by molar-refractivity contribution is 0.0743. The molecule has 1 aromatic carbocycles. The first kappa shape index (κ1) is 17.0. The van der Waals surface area contributed by atoms with Crippen LogP contribution in [0, 0.1) is 13.8 Å². The number of nitrogens with zero attached hydrogens (tertiary/aromatic N) is 3. The minimum atomic E-state index is -0.425. The average Bonchev–Trinajstić information content (AvgIpc) is 2.65. The van der Waals surface area contributed by atoms with Gasteiger partial charge in [0.05, 0.1) is 12.8 Å². The second-order valence-corrected chi connectivity index (χ2v) is 6.12. The highest BCUT2D eigenvalue weighted by Crippen LogP contribution is 2.21. The van der Waals surface area contributed by atoms with Gasteiger partial charge in [0, 0.05) is 31.9 Å². The van der Waals surface area contributed by atoms with Gasteiger partial charge in [-0.3, -0.25) is 9.59 Å². The number of hydrogen-bond acceptors (Lipinski definition) is 5. The first-order chi connectivity index (χ1) is 12.0. The third kappa shape index (κ3) is 3.35. The number of amides is 1. The summed E-state index contributed by atoms with van der Waals surface area (Å²) in [7, 11) is 1.64. The molecule has 3 rings (SSSR count). The number of carbonyl (C=O) groups excluding carboxylic acids is 1. The molecule has 2 heterocycles. The molecule has 0 spiro atoms. The van der Waals surface area contributed by atoms with E-state index in [9.17, 15) is 9.59 Å². The number of aryl methyl sites for hydroxylation is 1. The van der Waals surface area contributed by atoms with Gasteiger partial charge in [0.25, 0.3) is 11.5 Å². The van der Waals surface area contributed by atoms with Crippen LogP contribution in [0.3, 0.4) is 0 Å². The van der Waals surface area contributed by atoms with Gasteiger partial charge in [-0.05, 0) is 43.7 Å². The Balaban J connectivity index is 1.71. The van der Waals surface area contributed by atoms with Crippen LogP contribution in [0.5, 0.6) is 5.75 Å². The lowest BCUT2D eigenvalue weighted by Crippen LogP contribution is -2.50. The first-order valence-electron chi connectivity index (χ1n) is 8.25. The molecule has 0 aliphatic carbocycles. The fourth-order valence-corrected chi connectivity index (χ4v) is 3.00. The van der Waals surface area contributed by atoms with E-state index in [0.29, 0.717) is 24.3 Å². The van der Waals surface area contributed by atoms with Crippen molar-refractivity contribution in [1.29, 1.82) is 0 Å². The van der Waals surface area contributed by atoms with Crippen LogP contribution in [-0.2, 0) is 0 Å². The molecule has 0 bridgehead atoms. The molecular formula is C18H22N4O3. The summed E-state index contributed by atoms with van der Waals surface area (Å²) in [4.78, 5) is 28.8. The van der Waals surface area contributed by atoms with Crippen molar-refractivity contribution >= 4 is 11.6 Å². The van der Waals surface area contributed by atoms with Crippen molar-refractivity contribution in [2.45, 2.75) is 13.8 Å². The molecule has 7 nitrogen and oxygen atoms in total. The van der Waals surface area contributed by atoms with Crippen LogP contribution < -0.4 is 15.2 Å². The van der Waals surface area contributed by atoms with Gasteiger partial charge in [-0.1, -0.05) is 0 Å². The van der Waals surface area contributed by atoms with Crippen molar-refractivity contribution in [2.75, 3.05) is 38.2 Å². The van der Waals surface area contributed by atoms with E-state index in [2.05, 4.69) is 15.1 Å². The molecule has 1 amide bonds. The molecular weight excluding hydrogens is 320 g/mol. The quantitative estimate of drug-likeness (QED) is 0.911. The van der Waals surface area contributed by atoms with Gasteiger partial charge in [0.2, 0.25) is 0 Å². The van der Waals surface area contributed by atoms with Gasteiger partial charge in [0.1, 0.15) is 11.3 Å². The van der Waals surface area contributed by atoms with E-state index in [0.717, 1.165) is 24.5 Å². The Morgan fingerprint density at radius 3 is 2.36 bits per heavy atom. The molecule has 1 aromatic heterocycles. The van der Waals surface area contributed by atoms with Gasteiger partial charge in [-0.25, -0.2) is 5.10 Å². The van der Waals surface area contributed by atoms with Crippen LogP contribution in [0.4, 0.5) is 5.69 Å². The number of aromatic nitrogens is 2. The predicted octanol–water partition coefficient (Wildman–Crippen LogP) is 1.36. The molecule has 0 radical (unpaired) electrons. The highest BCUT2D eigenvalue weighted by molar-refractivity contribution is 5.95. The van der Waals surface area contributed by atoms with Crippen LogP contribution in [0.25, 0.3) is 0 Å². The summed E-state index contributed by atoms with van der Waals surface area (Å²) in [5, 5.41) is 6.30. The van der Waals surface area contributed by atoms with E-state index in [1.807, 2.05) is 24.3 Å². The number of anilines is 1. The SMILES string of the molecule is COc1ccc(N2CCN(C(=O)c3c(C)c(C)n[nH]c3=O)CC2)cc1. The number of aromatic amines is 1. The number of piperazine rings is 1. The zero-order valence-corrected chi connectivity index (χ0v) is 14.7. The highest BCUT2D eigenvalue weighted by atomic mass is 16.5. The topological polar surface area (TPSA) is 78.5 Å². The Kier molecular flexibility index (Phi) is 4.74. The summed E-state index contributed by atoms with van der Waals surface area (Å²) in [6.07, 6.45) is 0. The molecule has 1 saturated heterocycles. The van der Waals surface area contributed by atoms with Crippen molar-refractivity contribution in [1.82, 2.24) is 15.1 Å². The summed E-state index contributed by atoms with van der Waals surface area (Å²) < 4.78 is 5.18. The van der Waals surface area contributed by atoms with Crippen molar-refractivity contribution in [3.63, 3.8) is 0 Å². The van der Waals surface area contributed by atoms with Gasteiger partial charge >= 0.3 is 0 Å². The molecule has 25 heavy (non-hydrogen) atoms. The van der Waals surface area contributed by atoms with Crippen molar-refractivity contribution in [3.8, 4) is 5.75 Å². The minimum absolute atomic E-state index is 0.199. The number of methoxy groups -OCH3 is 1. The zero-order valence-electron chi connectivity index (χ0n) is 14.7.